The highest BCUT2D eigenvalue weighted by Gasteiger charge is 2.32. The van der Waals surface area contributed by atoms with Crippen molar-refractivity contribution < 1.29 is 14.3 Å². The average Bonchev–Trinajstić information content (AvgIpc) is 3.09. The number of aldehydes is 1. The predicted octanol–water partition coefficient (Wildman–Crippen LogP) is 4.18. The van der Waals surface area contributed by atoms with Gasteiger partial charge in [0, 0.05) is 69.1 Å². The Morgan fingerprint density at radius 2 is 1.72 bits per heavy atom. The molecule has 1 atom stereocenters. The van der Waals surface area contributed by atoms with Gasteiger partial charge in [0.15, 0.2) is 11.5 Å². The number of anilines is 2. The minimum absolute atomic E-state index is 0.121. The number of hydrogen-bond donors (Lipinski definition) is 2. The van der Waals surface area contributed by atoms with Gasteiger partial charge in [-0.25, -0.2) is 4.98 Å². The number of rotatable bonds is 10. The van der Waals surface area contributed by atoms with Gasteiger partial charge >= 0.3 is 0 Å². The van der Waals surface area contributed by atoms with E-state index in [1.165, 1.54) is 16.7 Å². The average molecular weight is 634 g/mol. The summed E-state index contributed by atoms with van der Waals surface area (Å²) in [6.45, 7) is 5.97. The van der Waals surface area contributed by atoms with Crippen LogP contribution in [0.3, 0.4) is 0 Å². The van der Waals surface area contributed by atoms with Crippen molar-refractivity contribution in [1.29, 1.82) is 0 Å². The summed E-state index contributed by atoms with van der Waals surface area (Å²) in [4.78, 5) is 27.8. The lowest BCUT2D eigenvalue weighted by Crippen LogP contribution is -2.43. The molecule has 1 unspecified atom stereocenters. The minimum atomic E-state index is -0.121. The molecule has 4 aromatic rings. The summed E-state index contributed by atoms with van der Waals surface area (Å²) in [6.07, 6.45) is 5.39. The van der Waals surface area contributed by atoms with E-state index in [0.29, 0.717) is 30.3 Å². The maximum atomic E-state index is 12.4. The molecule has 244 valence electrons. The van der Waals surface area contributed by atoms with E-state index in [1.807, 2.05) is 12.1 Å². The molecule has 2 aliphatic rings. The number of nitrogens with zero attached hydrogens (tertiary/aromatic N) is 5. The fourth-order valence-electron chi connectivity index (χ4n) is 6.76. The number of allylic oxidation sites excluding steroid dienone is 1. The summed E-state index contributed by atoms with van der Waals surface area (Å²) in [5, 5.41) is 0. The third kappa shape index (κ3) is 6.94. The number of hydrogen-bond acceptors (Lipinski definition) is 10. The molecule has 3 heterocycles. The molecular formula is C37H43N7O3. The van der Waals surface area contributed by atoms with Crippen LogP contribution >= 0.6 is 0 Å². The molecule has 3 aromatic carbocycles. The molecule has 2 aliphatic heterocycles. The number of carbonyl (C=O) groups excluding carboxylic acids is 1. The third-order valence-corrected chi connectivity index (χ3v) is 9.24. The number of fused-ring (bicyclic) bond motifs is 1. The molecule has 0 aliphatic carbocycles. The molecular weight excluding hydrogens is 590 g/mol. The van der Waals surface area contributed by atoms with Gasteiger partial charge < -0.3 is 30.7 Å². The SMILES string of the molecule is COc1cc(Cc2cnc(N)nc2N)cc(C(=CC=O)N2CCc3ccccc3C2c2ccc(CN3CCN(C)CC3)cc2)c1OC. The van der Waals surface area contributed by atoms with Crippen LogP contribution in [0.5, 0.6) is 11.5 Å². The van der Waals surface area contributed by atoms with Crippen LogP contribution in [0.15, 0.2) is 72.9 Å². The van der Waals surface area contributed by atoms with Crippen molar-refractivity contribution in [2.75, 3.05) is 65.5 Å². The van der Waals surface area contributed by atoms with Crippen molar-refractivity contribution >= 4 is 23.7 Å². The summed E-state index contributed by atoms with van der Waals surface area (Å²) >= 11 is 0. The van der Waals surface area contributed by atoms with E-state index in [4.69, 9.17) is 20.9 Å². The van der Waals surface area contributed by atoms with Crippen molar-refractivity contribution in [3.05, 3.63) is 112 Å². The summed E-state index contributed by atoms with van der Waals surface area (Å²) in [6, 6.07) is 21.4. The molecule has 0 spiro atoms. The number of carbonyl (C=O) groups is 1. The Morgan fingerprint density at radius 1 is 0.957 bits per heavy atom. The second-order valence-corrected chi connectivity index (χ2v) is 12.2. The predicted molar refractivity (Wildman–Crippen MR) is 185 cm³/mol. The standard InChI is InChI=1S/C37H43N7O3/c1-42-15-17-43(18-16-42)24-25-8-10-28(11-9-25)34-30-7-5-4-6-27(30)12-14-44(34)32(13-19-45)31-21-26(22-33(46-2)35(31)47-3)20-29-23-40-37(39)41-36(29)38/h4-11,13,19,21-23,34H,12,14-18,20,24H2,1-3H3,(H4,38,39,40,41). The fourth-order valence-corrected chi connectivity index (χ4v) is 6.76. The maximum absolute atomic E-state index is 12.4. The van der Waals surface area contributed by atoms with Gasteiger partial charge in [-0.3, -0.25) is 9.69 Å². The van der Waals surface area contributed by atoms with Crippen LogP contribution in [-0.2, 0) is 24.2 Å². The van der Waals surface area contributed by atoms with Gasteiger partial charge in [0.25, 0.3) is 0 Å². The van der Waals surface area contributed by atoms with Crippen molar-refractivity contribution in [3.63, 3.8) is 0 Å². The number of ether oxygens (including phenoxy) is 2. The molecule has 0 saturated carbocycles. The molecule has 1 aromatic heterocycles. The fraction of sp³-hybridized carbons (Fsp3) is 0.324. The molecule has 47 heavy (non-hydrogen) atoms. The largest absolute Gasteiger partial charge is 0.493 e. The van der Waals surface area contributed by atoms with E-state index in [9.17, 15) is 4.79 Å². The lowest BCUT2D eigenvalue weighted by molar-refractivity contribution is -0.104. The Bertz CT molecular complexity index is 1750. The van der Waals surface area contributed by atoms with Gasteiger partial charge in [0.2, 0.25) is 5.95 Å². The zero-order valence-corrected chi connectivity index (χ0v) is 27.4. The van der Waals surface area contributed by atoms with Gasteiger partial charge in [0.05, 0.1) is 26.0 Å². The van der Waals surface area contributed by atoms with Crippen LogP contribution in [0.4, 0.5) is 11.8 Å². The second kappa shape index (κ2) is 14.2. The van der Waals surface area contributed by atoms with Gasteiger partial charge in [-0.15, -0.1) is 0 Å². The van der Waals surface area contributed by atoms with E-state index in [1.54, 1.807) is 26.5 Å². The summed E-state index contributed by atoms with van der Waals surface area (Å²) in [5.41, 5.74) is 20.1. The quantitative estimate of drug-likeness (QED) is 0.194. The maximum Gasteiger partial charge on any atom is 0.221 e. The highest BCUT2D eigenvalue weighted by molar-refractivity contribution is 5.84. The number of likely N-dealkylation sites (N-methyl/N-ethyl adjacent to an activating group) is 1. The molecule has 6 rings (SSSR count). The number of methoxy groups -OCH3 is 2. The summed E-state index contributed by atoms with van der Waals surface area (Å²) in [5.74, 6) is 1.54. The monoisotopic (exact) mass is 633 g/mol. The second-order valence-electron chi connectivity index (χ2n) is 12.2. The first-order valence-electron chi connectivity index (χ1n) is 16.0. The van der Waals surface area contributed by atoms with E-state index >= 15 is 0 Å². The first-order valence-corrected chi connectivity index (χ1v) is 16.0. The smallest absolute Gasteiger partial charge is 0.221 e. The van der Waals surface area contributed by atoms with Crippen molar-refractivity contribution in [1.82, 2.24) is 24.7 Å². The molecule has 1 fully saturated rings. The molecule has 1 saturated heterocycles. The van der Waals surface area contributed by atoms with Crippen LogP contribution in [0.1, 0.15) is 45.0 Å². The number of benzene rings is 3. The minimum Gasteiger partial charge on any atom is -0.493 e. The van der Waals surface area contributed by atoms with Crippen LogP contribution in [0, 0.1) is 0 Å². The Morgan fingerprint density at radius 3 is 2.43 bits per heavy atom. The van der Waals surface area contributed by atoms with Gasteiger partial charge in [-0.05, 0) is 53.4 Å². The molecule has 0 radical (unpaired) electrons. The zero-order chi connectivity index (χ0) is 32.9. The first kappa shape index (κ1) is 32.0. The Balaban J connectivity index is 1.40. The van der Waals surface area contributed by atoms with E-state index < -0.39 is 0 Å². The molecule has 0 bridgehead atoms. The highest BCUT2D eigenvalue weighted by Crippen LogP contribution is 2.44. The summed E-state index contributed by atoms with van der Waals surface area (Å²) < 4.78 is 11.8. The topological polar surface area (TPSA) is 123 Å². The van der Waals surface area contributed by atoms with Gasteiger partial charge in [-0.2, -0.15) is 4.98 Å². The van der Waals surface area contributed by atoms with E-state index in [0.717, 1.165) is 73.4 Å². The number of nitrogens with two attached hydrogens (primary N) is 2. The van der Waals surface area contributed by atoms with Crippen LogP contribution in [0.2, 0.25) is 0 Å². The van der Waals surface area contributed by atoms with Crippen molar-refractivity contribution in [2.24, 2.45) is 0 Å². The lowest BCUT2D eigenvalue weighted by atomic mass is 9.86. The third-order valence-electron chi connectivity index (χ3n) is 9.24. The molecule has 10 nitrogen and oxygen atoms in total. The Labute approximate surface area is 276 Å². The van der Waals surface area contributed by atoms with Gasteiger partial charge in [0.1, 0.15) is 12.1 Å². The first-order chi connectivity index (χ1) is 22.9. The van der Waals surface area contributed by atoms with Crippen LogP contribution in [-0.4, -0.2) is 84.9 Å². The number of aromatic nitrogens is 2. The molecule has 0 amide bonds. The van der Waals surface area contributed by atoms with Crippen LogP contribution < -0.4 is 20.9 Å². The summed E-state index contributed by atoms with van der Waals surface area (Å²) in [7, 11) is 5.41. The Hall–Kier alpha value is -4.93. The van der Waals surface area contributed by atoms with E-state index in [2.05, 4.69) is 80.2 Å². The highest BCUT2D eigenvalue weighted by atomic mass is 16.5. The zero-order valence-electron chi connectivity index (χ0n) is 27.4. The normalized spacial score (nSPS) is 17.3. The number of piperazine rings is 1. The van der Waals surface area contributed by atoms with Crippen molar-refractivity contribution in [2.45, 2.75) is 25.4 Å². The Kier molecular flexibility index (Phi) is 9.70. The molecule has 4 N–H and O–H groups in total. The van der Waals surface area contributed by atoms with E-state index in [-0.39, 0.29) is 12.0 Å². The van der Waals surface area contributed by atoms with Crippen molar-refractivity contribution in [3.8, 4) is 11.5 Å². The number of nitrogen functional groups attached to an aromatic ring is 2. The lowest BCUT2D eigenvalue weighted by Gasteiger charge is -2.41. The van der Waals surface area contributed by atoms with Gasteiger partial charge in [-0.1, -0.05) is 48.5 Å². The van der Waals surface area contributed by atoms with Crippen LogP contribution in [0.25, 0.3) is 5.70 Å². The molecule has 10 heteroatoms.